The third kappa shape index (κ3) is 5.81. The monoisotopic (exact) mass is 341 g/mol. The van der Waals surface area contributed by atoms with E-state index in [0.717, 1.165) is 38.5 Å². The van der Waals surface area contributed by atoms with Gasteiger partial charge < -0.3 is 9.84 Å². The minimum Gasteiger partial charge on any atom is -0.491 e. The number of aliphatic hydroxyl groups is 1. The topological polar surface area (TPSA) is 48.8 Å². The quantitative estimate of drug-likeness (QED) is 0.834. The normalized spacial score (nSPS) is 17.4. The van der Waals surface area contributed by atoms with Crippen LogP contribution in [0.15, 0.2) is 48.8 Å². The molecule has 1 aromatic heterocycles. The molecule has 1 aliphatic heterocycles. The van der Waals surface area contributed by atoms with Crippen molar-refractivity contribution in [1.82, 2.24) is 14.8 Å². The molecule has 1 fully saturated rings. The van der Waals surface area contributed by atoms with Crippen LogP contribution in [0.4, 0.5) is 0 Å². The highest BCUT2D eigenvalue weighted by molar-refractivity contribution is 5.26. The van der Waals surface area contributed by atoms with Crippen LogP contribution in [0.2, 0.25) is 0 Å². The van der Waals surface area contributed by atoms with E-state index in [9.17, 15) is 5.11 Å². The summed E-state index contributed by atoms with van der Waals surface area (Å²) in [7, 11) is 0. The molecule has 0 amide bonds. The molecule has 3 rings (SSSR count). The highest BCUT2D eigenvalue weighted by atomic mass is 16.5. The van der Waals surface area contributed by atoms with Gasteiger partial charge in [0.1, 0.15) is 18.5 Å². The van der Waals surface area contributed by atoms with Crippen LogP contribution < -0.4 is 4.74 Å². The Bertz CT molecular complexity index is 625. The summed E-state index contributed by atoms with van der Waals surface area (Å²) in [6.07, 6.45) is 3.22. The molecule has 1 N–H and O–H groups in total. The Morgan fingerprint density at radius 2 is 1.64 bits per heavy atom. The van der Waals surface area contributed by atoms with Gasteiger partial charge in [0.15, 0.2) is 0 Å². The number of benzene rings is 1. The molecule has 2 heterocycles. The molecule has 0 saturated carbocycles. The van der Waals surface area contributed by atoms with Gasteiger partial charge in [-0.05, 0) is 36.8 Å². The number of hydrogen-bond donors (Lipinski definition) is 1. The lowest BCUT2D eigenvalue weighted by atomic mass is 10.2. The average molecular weight is 341 g/mol. The van der Waals surface area contributed by atoms with Crippen molar-refractivity contribution in [3.05, 3.63) is 59.9 Å². The van der Waals surface area contributed by atoms with Gasteiger partial charge in [-0.25, -0.2) is 0 Å². The molecule has 1 aliphatic rings. The lowest BCUT2D eigenvalue weighted by molar-refractivity contribution is 0.0446. The van der Waals surface area contributed by atoms with Crippen LogP contribution in [0.5, 0.6) is 5.75 Å². The molecule has 5 nitrogen and oxygen atoms in total. The van der Waals surface area contributed by atoms with Crippen molar-refractivity contribution >= 4 is 0 Å². The van der Waals surface area contributed by atoms with Crippen LogP contribution in [-0.4, -0.2) is 65.3 Å². The first kappa shape index (κ1) is 17.9. The predicted molar refractivity (Wildman–Crippen MR) is 98.6 cm³/mol. The molecule has 134 valence electrons. The van der Waals surface area contributed by atoms with Crippen molar-refractivity contribution in [3.8, 4) is 5.75 Å². The minimum absolute atomic E-state index is 0.334. The molecule has 1 unspecified atom stereocenters. The zero-order chi connectivity index (χ0) is 17.5. The van der Waals surface area contributed by atoms with Crippen molar-refractivity contribution in [1.29, 1.82) is 0 Å². The Kier molecular flexibility index (Phi) is 6.39. The number of piperazine rings is 1. The minimum atomic E-state index is -0.465. The predicted octanol–water partition coefficient (Wildman–Crippen LogP) is 1.95. The van der Waals surface area contributed by atoms with E-state index >= 15 is 0 Å². The summed E-state index contributed by atoms with van der Waals surface area (Å²) >= 11 is 0. The Labute approximate surface area is 149 Å². The molecule has 5 heteroatoms. The molecule has 0 bridgehead atoms. The molecule has 0 spiro atoms. The van der Waals surface area contributed by atoms with Crippen molar-refractivity contribution < 1.29 is 9.84 Å². The van der Waals surface area contributed by atoms with Gasteiger partial charge in [-0.3, -0.25) is 14.8 Å². The molecular formula is C20H27N3O2. The molecule has 0 radical (unpaired) electrons. The second-order valence-corrected chi connectivity index (χ2v) is 6.71. The number of aromatic nitrogens is 1. The summed E-state index contributed by atoms with van der Waals surface area (Å²) < 4.78 is 5.67. The van der Waals surface area contributed by atoms with E-state index in [1.807, 2.05) is 43.6 Å². The Balaban J connectivity index is 1.36. The maximum absolute atomic E-state index is 10.2. The average Bonchev–Trinajstić information content (AvgIpc) is 2.64. The second-order valence-electron chi connectivity index (χ2n) is 6.71. The van der Waals surface area contributed by atoms with Crippen LogP contribution in [0.3, 0.4) is 0 Å². The van der Waals surface area contributed by atoms with Gasteiger partial charge in [0.2, 0.25) is 0 Å². The number of pyridine rings is 1. The van der Waals surface area contributed by atoms with Gasteiger partial charge in [0, 0.05) is 51.7 Å². The number of hydrogen-bond acceptors (Lipinski definition) is 5. The third-order valence-corrected chi connectivity index (χ3v) is 4.55. The van der Waals surface area contributed by atoms with E-state index in [4.69, 9.17) is 4.74 Å². The van der Waals surface area contributed by atoms with Crippen LogP contribution in [-0.2, 0) is 6.54 Å². The van der Waals surface area contributed by atoms with Gasteiger partial charge in [0.05, 0.1) is 0 Å². The van der Waals surface area contributed by atoms with Gasteiger partial charge in [-0.1, -0.05) is 17.7 Å². The number of β-amino-alcohol motifs (C(OH)–C–C–N with tert-alkyl or cyclic N) is 1. The van der Waals surface area contributed by atoms with Crippen LogP contribution in [0, 0.1) is 6.92 Å². The molecule has 2 aromatic rings. The summed E-state index contributed by atoms with van der Waals surface area (Å²) in [5, 5.41) is 10.2. The summed E-state index contributed by atoms with van der Waals surface area (Å²) in [6, 6.07) is 12.1. The first-order valence-electron chi connectivity index (χ1n) is 8.90. The van der Waals surface area contributed by atoms with Crippen molar-refractivity contribution in [3.63, 3.8) is 0 Å². The lowest BCUT2D eigenvalue weighted by Gasteiger charge is -2.35. The first-order chi connectivity index (χ1) is 12.2. The molecule has 1 saturated heterocycles. The number of aliphatic hydroxyl groups excluding tert-OH is 1. The first-order valence-corrected chi connectivity index (χ1v) is 8.90. The lowest BCUT2D eigenvalue weighted by Crippen LogP contribution is -2.48. The van der Waals surface area contributed by atoms with E-state index in [-0.39, 0.29) is 0 Å². The summed E-state index contributed by atoms with van der Waals surface area (Å²) in [4.78, 5) is 8.82. The van der Waals surface area contributed by atoms with Crippen LogP contribution in [0.25, 0.3) is 0 Å². The van der Waals surface area contributed by atoms with Crippen molar-refractivity contribution in [2.24, 2.45) is 0 Å². The molecule has 1 atom stereocenters. The standard InChI is InChI=1S/C20H27N3O2/c1-17-2-4-20(5-3-17)25-16-19(24)15-23-12-10-22(11-13-23)14-18-6-8-21-9-7-18/h2-9,19,24H,10-16H2,1H3. The van der Waals surface area contributed by atoms with Crippen LogP contribution in [0.1, 0.15) is 11.1 Å². The number of ether oxygens (including phenoxy) is 1. The molecule has 0 aliphatic carbocycles. The molecule has 1 aromatic carbocycles. The van der Waals surface area contributed by atoms with Gasteiger partial charge in [-0.2, -0.15) is 0 Å². The van der Waals surface area contributed by atoms with E-state index in [1.165, 1.54) is 11.1 Å². The molecular weight excluding hydrogens is 314 g/mol. The Morgan fingerprint density at radius 3 is 2.32 bits per heavy atom. The van der Waals surface area contributed by atoms with Gasteiger partial charge >= 0.3 is 0 Å². The van der Waals surface area contributed by atoms with Gasteiger partial charge in [0.25, 0.3) is 0 Å². The fraction of sp³-hybridized carbons (Fsp3) is 0.450. The summed E-state index contributed by atoms with van der Waals surface area (Å²) in [5.41, 5.74) is 2.51. The fourth-order valence-electron chi connectivity index (χ4n) is 3.05. The number of aryl methyl sites for hydroxylation is 1. The van der Waals surface area contributed by atoms with Crippen molar-refractivity contribution in [2.45, 2.75) is 19.6 Å². The van der Waals surface area contributed by atoms with E-state index < -0.39 is 6.10 Å². The van der Waals surface area contributed by atoms with E-state index in [1.54, 1.807) is 0 Å². The largest absolute Gasteiger partial charge is 0.491 e. The zero-order valence-corrected chi connectivity index (χ0v) is 14.8. The van der Waals surface area contributed by atoms with E-state index in [0.29, 0.717) is 13.2 Å². The maximum Gasteiger partial charge on any atom is 0.119 e. The highest BCUT2D eigenvalue weighted by Gasteiger charge is 2.19. The van der Waals surface area contributed by atoms with E-state index in [2.05, 4.69) is 26.9 Å². The SMILES string of the molecule is Cc1ccc(OCC(O)CN2CCN(Cc3ccncc3)CC2)cc1. The number of rotatable bonds is 7. The molecule has 25 heavy (non-hydrogen) atoms. The van der Waals surface area contributed by atoms with Crippen molar-refractivity contribution in [2.75, 3.05) is 39.3 Å². The maximum atomic E-state index is 10.2. The third-order valence-electron chi connectivity index (χ3n) is 4.55. The smallest absolute Gasteiger partial charge is 0.119 e. The van der Waals surface area contributed by atoms with Crippen LogP contribution >= 0.6 is 0 Å². The fourth-order valence-corrected chi connectivity index (χ4v) is 3.05. The highest BCUT2D eigenvalue weighted by Crippen LogP contribution is 2.12. The second kappa shape index (κ2) is 8.94. The summed E-state index contributed by atoms with van der Waals surface area (Å²) in [6.45, 7) is 8.01. The Morgan fingerprint density at radius 1 is 1.00 bits per heavy atom. The zero-order valence-electron chi connectivity index (χ0n) is 14.8. The summed E-state index contributed by atoms with van der Waals surface area (Å²) in [5.74, 6) is 0.812. The number of nitrogens with zero attached hydrogens (tertiary/aromatic N) is 3. The Hall–Kier alpha value is -1.95. The van der Waals surface area contributed by atoms with Gasteiger partial charge in [-0.15, -0.1) is 0 Å².